The third kappa shape index (κ3) is 4.10. The molecule has 0 atom stereocenters. The molecule has 2 rings (SSSR count). The highest BCUT2D eigenvalue weighted by atomic mass is 19.1. The fraction of sp³-hybridized carbons (Fsp3) is 0.353. The molecule has 0 saturated carbocycles. The highest BCUT2D eigenvalue weighted by Crippen LogP contribution is 2.18. The molecule has 5 heteroatoms. The zero-order chi connectivity index (χ0) is 16.2. The molecule has 22 heavy (non-hydrogen) atoms. The molecule has 1 heterocycles. The minimum absolute atomic E-state index is 0.212. The number of amides is 1. The molecule has 0 spiro atoms. The lowest BCUT2D eigenvalue weighted by atomic mass is 10.1. The quantitative estimate of drug-likeness (QED) is 0.797. The fourth-order valence-electron chi connectivity index (χ4n) is 2.04. The number of hydrogen-bond acceptors (Lipinski definition) is 3. The molecule has 0 aliphatic carbocycles. The largest absolute Gasteiger partial charge is 0.340 e. The first-order valence-corrected chi connectivity index (χ1v) is 7.19. The maximum absolute atomic E-state index is 12.9. The van der Waals surface area contributed by atoms with Crippen LogP contribution in [0.5, 0.6) is 0 Å². The van der Waals surface area contributed by atoms with Crippen LogP contribution in [0.15, 0.2) is 36.7 Å². The lowest BCUT2D eigenvalue weighted by molar-refractivity contribution is -0.122. The van der Waals surface area contributed by atoms with Crippen molar-refractivity contribution in [2.75, 3.05) is 6.54 Å². The van der Waals surface area contributed by atoms with Gasteiger partial charge >= 0.3 is 0 Å². The van der Waals surface area contributed by atoms with Gasteiger partial charge in [0.15, 0.2) is 0 Å². The predicted molar refractivity (Wildman–Crippen MR) is 83.7 cm³/mol. The Morgan fingerprint density at radius 2 is 1.68 bits per heavy atom. The van der Waals surface area contributed by atoms with E-state index >= 15 is 0 Å². The first kappa shape index (κ1) is 16.1. The van der Waals surface area contributed by atoms with Crippen molar-refractivity contribution in [2.24, 2.45) is 0 Å². The third-order valence-corrected chi connectivity index (χ3v) is 3.45. The predicted octanol–water partition coefficient (Wildman–Crippen LogP) is 3.08. The van der Waals surface area contributed by atoms with E-state index in [4.69, 9.17) is 0 Å². The summed E-state index contributed by atoms with van der Waals surface area (Å²) in [7, 11) is 0. The second kappa shape index (κ2) is 6.64. The van der Waals surface area contributed by atoms with Crippen LogP contribution in [0.3, 0.4) is 0 Å². The molecule has 0 radical (unpaired) electrons. The zero-order valence-electron chi connectivity index (χ0n) is 13.1. The summed E-state index contributed by atoms with van der Waals surface area (Å²) in [5.41, 5.74) is 1.50. The smallest absolute Gasteiger partial charge is 0.210 e. The molecule has 0 bridgehead atoms. The Balaban J connectivity index is 2.03. The Kier molecular flexibility index (Phi) is 4.85. The van der Waals surface area contributed by atoms with Crippen LogP contribution in [0.1, 0.15) is 26.6 Å². The second-order valence-electron chi connectivity index (χ2n) is 6.11. The number of halogens is 1. The monoisotopic (exact) mass is 301 g/mol. The van der Waals surface area contributed by atoms with Gasteiger partial charge in [0.1, 0.15) is 11.6 Å². The van der Waals surface area contributed by atoms with Crippen molar-refractivity contribution < 1.29 is 9.18 Å². The number of aromatic nitrogens is 2. The Labute approximate surface area is 130 Å². The van der Waals surface area contributed by atoms with Gasteiger partial charge in [-0.15, -0.1) is 0 Å². The molecule has 0 saturated heterocycles. The highest BCUT2D eigenvalue weighted by Gasteiger charge is 2.19. The molecule has 0 unspecified atom stereocenters. The van der Waals surface area contributed by atoms with Gasteiger partial charge < -0.3 is 4.90 Å². The van der Waals surface area contributed by atoms with E-state index in [1.807, 2.05) is 20.8 Å². The maximum atomic E-state index is 12.9. The normalized spacial score (nSPS) is 11.3. The summed E-state index contributed by atoms with van der Waals surface area (Å²) < 4.78 is 12.9. The lowest BCUT2D eigenvalue weighted by Crippen LogP contribution is -2.41. The van der Waals surface area contributed by atoms with Crippen LogP contribution in [0.25, 0.3) is 11.1 Å². The molecule has 0 N–H and O–H groups in total. The summed E-state index contributed by atoms with van der Waals surface area (Å²) in [6.07, 6.45) is 4.89. The summed E-state index contributed by atoms with van der Waals surface area (Å²) in [6.45, 7) is 6.53. The van der Waals surface area contributed by atoms with E-state index in [1.54, 1.807) is 29.4 Å². The summed E-state index contributed by atoms with van der Waals surface area (Å²) >= 11 is 0. The summed E-state index contributed by atoms with van der Waals surface area (Å²) in [5, 5.41) is 0. The van der Waals surface area contributed by atoms with Crippen LogP contribution in [-0.4, -0.2) is 33.4 Å². The summed E-state index contributed by atoms with van der Waals surface area (Å²) in [6, 6.07) is 6.21. The highest BCUT2D eigenvalue weighted by molar-refractivity contribution is 5.61. The van der Waals surface area contributed by atoms with Crippen molar-refractivity contribution in [2.45, 2.75) is 32.7 Å². The van der Waals surface area contributed by atoms with Crippen molar-refractivity contribution in [3.63, 3.8) is 0 Å². The van der Waals surface area contributed by atoms with Crippen molar-refractivity contribution in [3.05, 3.63) is 48.3 Å². The van der Waals surface area contributed by atoms with E-state index < -0.39 is 0 Å². The Morgan fingerprint density at radius 3 is 2.18 bits per heavy atom. The van der Waals surface area contributed by atoms with E-state index in [9.17, 15) is 9.18 Å². The molecule has 0 aliphatic heterocycles. The number of carbonyl (C=O) groups excluding carboxylic acids is 1. The van der Waals surface area contributed by atoms with Crippen LogP contribution in [0, 0.1) is 5.82 Å². The van der Waals surface area contributed by atoms with Gasteiger partial charge in [-0.25, -0.2) is 14.4 Å². The van der Waals surface area contributed by atoms with E-state index in [0.717, 1.165) is 17.5 Å². The van der Waals surface area contributed by atoms with Gasteiger partial charge in [-0.3, -0.25) is 4.79 Å². The maximum Gasteiger partial charge on any atom is 0.210 e. The summed E-state index contributed by atoms with van der Waals surface area (Å²) in [4.78, 5) is 21.5. The molecule has 4 nitrogen and oxygen atoms in total. The van der Waals surface area contributed by atoms with Gasteiger partial charge in [-0.2, -0.15) is 0 Å². The van der Waals surface area contributed by atoms with Gasteiger partial charge in [0.25, 0.3) is 0 Å². The molecule has 1 amide bonds. The molecule has 0 fully saturated rings. The van der Waals surface area contributed by atoms with Crippen LogP contribution in [-0.2, 0) is 11.2 Å². The molecular formula is C17H20FN3O. The molecular weight excluding hydrogens is 281 g/mol. The minimum Gasteiger partial charge on any atom is -0.340 e. The second-order valence-corrected chi connectivity index (χ2v) is 6.11. The number of rotatable bonds is 5. The topological polar surface area (TPSA) is 46.1 Å². The van der Waals surface area contributed by atoms with E-state index in [0.29, 0.717) is 18.8 Å². The molecule has 1 aromatic carbocycles. The first-order chi connectivity index (χ1) is 10.4. The fourth-order valence-corrected chi connectivity index (χ4v) is 2.04. The Morgan fingerprint density at radius 1 is 1.09 bits per heavy atom. The zero-order valence-corrected chi connectivity index (χ0v) is 13.1. The van der Waals surface area contributed by atoms with Gasteiger partial charge in [-0.05, 0) is 38.5 Å². The van der Waals surface area contributed by atoms with Gasteiger partial charge in [0, 0.05) is 36.5 Å². The van der Waals surface area contributed by atoms with Crippen molar-refractivity contribution in [1.82, 2.24) is 14.9 Å². The first-order valence-electron chi connectivity index (χ1n) is 7.19. The third-order valence-electron chi connectivity index (χ3n) is 3.45. The van der Waals surface area contributed by atoms with Crippen LogP contribution in [0.4, 0.5) is 4.39 Å². The van der Waals surface area contributed by atoms with Gasteiger partial charge in [0.2, 0.25) is 6.41 Å². The molecule has 2 aromatic rings. The van der Waals surface area contributed by atoms with Crippen LogP contribution < -0.4 is 0 Å². The molecule has 1 aromatic heterocycles. The number of nitrogens with zero attached hydrogens (tertiary/aromatic N) is 3. The lowest BCUT2D eigenvalue weighted by Gasteiger charge is -2.31. The Bertz CT molecular complexity index is 618. The number of carbonyl (C=O) groups is 1. The average Bonchev–Trinajstić information content (AvgIpc) is 2.48. The minimum atomic E-state index is -0.266. The van der Waals surface area contributed by atoms with Crippen LogP contribution in [0.2, 0.25) is 0 Å². The van der Waals surface area contributed by atoms with E-state index in [2.05, 4.69) is 9.97 Å². The number of benzene rings is 1. The number of hydrogen-bond donors (Lipinski definition) is 0. The van der Waals surface area contributed by atoms with Gasteiger partial charge in [-0.1, -0.05) is 12.1 Å². The average molecular weight is 301 g/mol. The van der Waals surface area contributed by atoms with Crippen molar-refractivity contribution >= 4 is 6.41 Å². The van der Waals surface area contributed by atoms with Crippen molar-refractivity contribution in [1.29, 1.82) is 0 Å². The summed E-state index contributed by atoms with van der Waals surface area (Å²) in [5.74, 6) is 0.416. The van der Waals surface area contributed by atoms with E-state index in [-0.39, 0.29) is 11.4 Å². The van der Waals surface area contributed by atoms with Gasteiger partial charge in [0.05, 0.1) is 0 Å². The SMILES string of the molecule is CC(C)(C)N(C=O)CCc1ncc(-c2ccc(F)cc2)cn1. The standard InChI is InChI=1S/C17H20FN3O/c1-17(2,3)21(12-22)9-8-16-19-10-14(11-20-16)13-4-6-15(18)7-5-13/h4-7,10-12H,8-9H2,1-3H3. The van der Waals surface area contributed by atoms with E-state index in [1.165, 1.54) is 12.1 Å². The Hall–Kier alpha value is -2.30. The molecule has 116 valence electrons. The van der Waals surface area contributed by atoms with Crippen molar-refractivity contribution in [3.8, 4) is 11.1 Å². The molecule has 0 aliphatic rings. The van der Waals surface area contributed by atoms with Crippen LogP contribution >= 0.6 is 0 Å².